The molecule has 2 aliphatic heterocycles. The van der Waals surface area contributed by atoms with Crippen LogP contribution in [0.1, 0.15) is 124 Å². The van der Waals surface area contributed by atoms with Crippen molar-refractivity contribution in [1.82, 2.24) is 34.4 Å². The minimum absolute atomic E-state index is 0. The summed E-state index contributed by atoms with van der Waals surface area (Å²) in [6, 6.07) is 22.1. The SMILES string of the molecule is C.CC.CC.CC.CC.CC(=O)Cc1ccccn1.CC1=NC1c1ccccn1.Cc1cc2ccccn2n1.Cc1cc2n(n1)CCCC2.ONCl. The van der Waals surface area contributed by atoms with E-state index in [9.17, 15) is 4.79 Å². The molecule has 7 rings (SSSR count). The second-order valence-electron chi connectivity index (χ2n) is 10.0. The molecule has 7 heterocycles. The van der Waals surface area contributed by atoms with Gasteiger partial charge in [-0.1, -0.05) is 81.0 Å². The standard InChI is InChI=1S/C8H12N2.2C8H8N2.C8H9NO.4C2H6.CH4.ClH2NO/c2*1-7-6-8-4-2-3-5-10(8)9-7;1-6-8(10-6)7-4-2-3-5-9-7;1-7(10)6-8-4-2-3-5-9-8;4*1-2;;1-2-3/h6H,2-5H2,1H3;2-6H,1H3;2-5,8H,1H3;2-5H,6H2,1H3;4*1-2H3;1H4;2-3H. The molecule has 0 saturated heterocycles. The van der Waals surface area contributed by atoms with Crippen molar-refractivity contribution in [3.8, 4) is 0 Å². The predicted molar refractivity (Wildman–Crippen MR) is 221 cm³/mol. The van der Waals surface area contributed by atoms with Crippen LogP contribution in [0.4, 0.5) is 0 Å². The zero-order chi connectivity index (χ0) is 39.0. The van der Waals surface area contributed by atoms with E-state index < -0.39 is 0 Å². The normalized spacial score (nSPS) is 12.1. The lowest BCUT2D eigenvalue weighted by molar-refractivity contribution is -0.116. The van der Waals surface area contributed by atoms with Gasteiger partial charge in [0.1, 0.15) is 11.8 Å². The molecule has 0 radical (unpaired) electrons. The smallest absolute Gasteiger partial charge is 0.135 e. The molecule has 0 amide bonds. The van der Waals surface area contributed by atoms with Crippen molar-refractivity contribution in [2.24, 2.45) is 4.99 Å². The van der Waals surface area contributed by atoms with E-state index in [1.54, 1.807) is 19.3 Å². The molecular formula is C41H67ClN8O2. The number of carbonyl (C=O) groups excluding carboxylic acids is 1. The number of carbonyl (C=O) groups is 1. The Kier molecular flexibility index (Phi) is 33.9. The molecule has 0 aliphatic carbocycles. The van der Waals surface area contributed by atoms with E-state index in [-0.39, 0.29) is 13.2 Å². The van der Waals surface area contributed by atoms with Crippen molar-refractivity contribution in [3.05, 3.63) is 114 Å². The summed E-state index contributed by atoms with van der Waals surface area (Å²) in [6.07, 6.45) is 9.75. The fourth-order valence-electron chi connectivity index (χ4n) is 4.37. The molecule has 5 aromatic rings. The summed E-state index contributed by atoms with van der Waals surface area (Å²) in [4.78, 5) is 24.1. The summed E-state index contributed by atoms with van der Waals surface area (Å²) in [5.41, 5.74) is 7.90. The number of fused-ring (bicyclic) bond motifs is 2. The van der Waals surface area contributed by atoms with Crippen LogP contribution in [0.15, 0.2) is 90.3 Å². The summed E-state index contributed by atoms with van der Waals surface area (Å²) >= 11 is 4.30. The number of pyridine rings is 3. The van der Waals surface area contributed by atoms with E-state index >= 15 is 0 Å². The number of aryl methyl sites for hydroxylation is 4. The first-order chi connectivity index (χ1) is 24.8. The molecule has 11 heteroatoms. The maximum atomic E-state index is 10.6. The highest BCUT2D eigenvalue weighted by Gasteiger charge is 2.25. The number of hydrogen-bond acceptors (Lipinski definition) is 8. The molecule has 5 aromatic heterocycles. The second kappa shape index (κ2) is 33.9. The van der Waals surface area contributed by atoms with Crippen molar-refractivity contribution < 1.29 is 10.0 Å². The molecule has 0 saturated carbocycles. The zero-order valence-corrected chi connectivity index (χ0v) is 33.8. The monoisotopic (exact) mass is 739 g/mol. The first-order valence-corrected chi connectivity index (χ1v) is 18.5. The third-order valence-corrected chi connectivity index (χ3v) is 6.32. The highest BCUT2D eigenvalue weighted by molar-refractivity contribution is 6.12. The number of rotatable bonds is 3. The van der Waals surface area contributed by atoms with Gasteiger partial charge in [-0.25, -0.2) is 4.52 Å². The van der Waals surface area contributed by atoms with Crippen molar-refractivity contribution in [1.29, 1.82) is 0 Å². The summed E-state index contributed by atoms with van der Waals surface area (Å²) in [5.74, 6) is 0.152. The molecule has 1 atom stereocenters. The van der Waals surface area contributed by atoms with Crippen molar-refractivity contribution in [3.63, 3.8) is 0 Å². The van der Waals surface area contributed by atoms with Gasteiger partial charge in [0, 0.05) is 60.4 Å². The molecule has 1 unspecified atom stereocenters. The first kappa shape index (κ1) is 52.1. The average molecular weight is 739 g/mol. The molecule has 0 bridgehead atoms. The summed E-state index contributed by atoms with van der Waals surface area (Å²) in [7, 11) is 0. The van der Waals surface area contributed by atoms with Gasteiger partial charge in [-0.3, -0.25) is 24.4 Å². The van der Waals surface area contributed by atoms with Gasteiger partial charge < -0.3 is 5.21 Å². The van der Waals surface area contributed by atoms with Gasteiger partial charge in [-0.15, -0.1) is 5.00 Å². The summed E-state index contributed by atoms with van der Waals surface area (Å²) < 4.78 is 4.01. The van der Waals surface area contributed by atoms with E-state index in [1.165, 1.54) is 35.7 Å². The first-order valence-electron chi connectivity index (χ1n) is 18.1. The Hall–Kier alpha value is -4.25. The Morgan fingerprint density at radius 1 is 0.827 bits per heavy atom. The lowest BCUT2D eigenvalue weighted by Gasteiger charge is -2.11. The number of halogens is 1. The van der Waals surface area contributed by atoms with Crippen molar-refractivity contribution in [2.45, 2.75) is 129 Å². The summed E-state index contributed by atoms with van der Waals surface area (Å²) in [5, 5.41) is 15.7. The quantitative estimate of drug-likeness (QED) is 0.139. The Balaban J connectivity index is -0.000000561. The third-order valence-electron chi connectivity index (χ3n) is 6.32. The van der Waals surface area contributed by atoms with Crippen LogP contribution in [-0.4, -0.2) is 46.1 Å². The van der Waals surface area contributed by atoms with E-state index in [0.717, 1.165) is 34.8 Å². The fraction of sp³-hybridized carbons (Fsp3) is 0.463. The van der Waals surface area contributed by atoms with Gasteiger partial charge in [-0.2, -0.15) is 10.2 Å². The van der Waals surface area contributed by atoms with E-state index in [1.807, 2.05) is 135 Å². The van der Waals surface area contributed by atoms with Crippen LogP contribution in [0.3, 0.4) is 0 Å². The number of Topliss-reactive ketones (excluding diaryl/α,β-unsaturated/α-hetero) is 1. The maximum absolute atomic E-state index is 10.6. The maximum Gasteiger partial charge on any atom is 0.135 e. The predicted octanol–water partition coefficient (Wildman–Crippen LogP) is 10.8. The van der Waals surface area contributed by atoms with Crippen LogP contribution < -0.4 is 5.00 Å². The van der Waals surface area contributed by atoms with Crippen LogP contribution in [0.2, 0.25) is 0 Å². The van der Waals surface area contributed by atoms with E-state index in [2.05, 4.69) is 60.7 Å². The Labute approximate surface area is 319 Å². The Bertz CT molecular complexity index is 1520. The number of aromatic nitrogens is 6. The van der Waals surface area contributed by atoms with Gasteiger partial charge in [0.15, 0.2) is 0 Å². The van der Waals surface area contributed by atoms with E-state index in [4.69, 9.17) is 5.21 Å². The lowest BCUT2D eigenvalue weighted by atomic mass is 10.1. The number of aliphatic imine (C=N–C) groups is 1. The largest absolute Gasteiger partial charge is 0.301 e. The molecule has 0 aromatic carbocycles. The number of nitrogens with one attached hydrogen (secondary N) is 1. The Morgan fingerprint density at radius 3 is 1.87 bits per heavy atom. The highest BCUT2D eigenvalue weighted by atomic mass is 35.5. The number of hydrogen-bond donors (Lipinski definition) is 2. The van der Waals surface area contributed by atoms with Crippen LogP contribution >= 0.6 is 11.8 Å². The van der Waals surface area contributed by atoms with Gasteiger partial charge in [0.2, 0.25) is 0 Å². The molecule has 290 valence electrons. The molecule has 10 nitrogen and oxygen atoms in total. The van der Waals surface area contributed by atoms with Crippen molar-refractivity contribution >= 4 is 28.8 Å². The van der Waals surface area contributed by atoms with E-state index in [0.29, 0.717) is 12.5 Å². The van der Waals surface area contributed by atoms with Gasteiger partial charge in [0.25, 0.3) is 0 Å². The van der Waals surface area contributed by atoms with Crippen LogP contribution in [0, 0.1) is 13.8 Å². The highest BCUT2D eigenvalue weighted by Crippen LogP contribution is 2.28. The molecule has 0 spiro atoms. The molecule has 0 fully saturated rings. The van der Waals surface area contributed by atoms with Gasteiger partial charge in [0.05, 0.1) is 22.6 Å². The van der Waals surface area contributed by atoms with Gasteiger partial charge in [-0.05, 0) is 95.5 Å². The van der Waals surface area contributed by atoms with Crippen molar-refractivity contribution in [2.75, 3.05) is 0 Å². The Morgan fingerprint density at radius 2 is 1.38 bits per heavy atom. The number of nitrogens with zero attached hydrogens (tertiary/aromatic N) is 7. The van der Waals surface area contributed by atoms with Crippen LogP contribution in [0.5, 0.6) is 0 Å². The zero-order valence-electron chi connectivity index (χ0n) is 33.1. The average Bonchev–Trinajstić information content (AvgIpc) is 3.59. The minimum Gasteiger partial charge on any atom is -0.301 e. The number of ketones is 1. The molecule has 52 heavy (non-hydrogen) atoms. The van der Waals surface area contributed by atoms with Crippen LogP contribution in [0.25, 0.3) is 5.52 Å². The molecule has 2 aliphatic rings. The van der Waals surface area contributed by atoms with Gasteiger partial charge >= 0.3 is 0 Å². The molecule has 2 N–H and O–H groups in total. The minimum atomic E-state index is 0. The topological polar surface area (TPSA) is 123 Å². The second-order valence-corrected chi connectivity index (χ2v) is 10.2. The van der Waals surface area contributed by atoms with Crippen LogP contribution in [-0.2, 0) is 24.2 Å². The third kappa shape index (κ3) is 22.5. The molecular weight excluding hydrogens is 672 g/mol. The lowest BCUT2D eigenvalue weighted by Crippen LogP contribution is -2.10. The fourth-order valence-corrected chi connectivity index (χ4v) is 4.37. The summed E-state index contributed by atoms with van der Waals surface area (Å²) in [6.45, 7) is 24.8.